The Hall–Kier alpha value is -2.05. The van der Waals surface area contributed by atoms with Crippen molar-refractivity contribution in [3.8, 4) is 0 Å². The number of fused-ring (bicyclic) bond motifs is 7. The molecule has 234 valence electrons. The Bertz CT molecular complexity index is 1190. The zero-order chi connectivity index (χ0) is 30.8. The molecule has 0 spiro atoms. The number of hydrogen-bond acceptors (Lipinski definition) is 8. The largest absolute Gasteiger partial charge is 0.390 e. The summed E-state index contributed by atoms with van der Waals surface area (Å²) in [6.07, 6.45) is 0.514. The Labute approximate surface area is 246 Å². The van der Waals surface area contributed by atoms with Crippen LogP contribution < -0.4 is 0 Å². The van der Waals surface area contributed by atoms with E-state index in [4.69, 9.17) is 14.2 Å². The molecule has 1 unspecified atom stereocenters. The number of carbonyl (C=O) groups excluding carboxylic acids is 3. The van der Waals surface area contributed by atoms with Crippen molar-refractivity contribution in [1.29, 1.82) is 0 Å². The van der Waals surface area contributed by atoms with Gasteiger partial charge in [0.25, 0.3) is 0 Å². The van der Waals surface area contributed by atoms with Crippen molar-refractivity contribution in [1.82, 2.24) is 9.80 Å². The fourth-order valence-corrected chi connectivity index (χ4v) is 8.73. The van der Waals surface area contributed by atoms with Gasteiger partial charge in [0, 0.05) is 23.8 Å². The molecular weight excluding hydrogens is 550 g/mol. The number of Topliss-reactive ketones (excluding diaryl/α,β-unsaturated/α-hetero) is 1. The number of amides is 1. The molecule has 0 aromatic carbocycles. The SMILES string of the molecule is CCCC1O[C@@H]2C[C@H]3[C@@H]4C[C@H](F)C5=CC(=O)C=C[C@]5(C)[C@@]4(F)[C@@H](O)C[C@]3(C)[C@]2(C(=O)COCN(C)C(=O)CN(C)C)O1. The molecule has 0 aromatic rings. The van der Waals surface area contributed by atoms with E-state index in [1.807, 2.05) is 13.8 Å². The second-order valence-electron chi connectivity index (χ2n) is 13.5. The Morgan fingerprint density at radius 3 is 2.57 bits per heavy atom. The van der Waals surface area contributed by atoms with E-state index in [-0.39, 0.29) is 50.6 Å². The molecule has 1 N–H and O–H groups in total. The van der Waals surface area contributed by atoms with Crippen molar-refractivity contribution in [3.63, 3.8) is 0 Å². The number of nitrogens with zero attached hydrogens (tertiary/aromatic N) is 2. The molecule has 1 amide bonds. The lowest BCUT2D eigenvalue weighted by molar-refractivity contribution is -0.235. The summed E-state index contributed by atoms with van der Waals surface area (Å²) >= 11 is 0. The lowest BCUT2D eigenvalue weighted by Gasteiger charge is -2.63. The molecule has 11 heteroatoms. The van der Waals surface area contributed by atoms with Gasteiger partial charge in [-0.15, -0.1) is 0 Å². The van der Waals surface area contributed by atoms with Crippen LogP contribution in [0, 0.1) is 22.7 Å². The summed E-state index contributed by atoms with van der Waals surface area (Å²) < 4.78 is 51.9. The van der Waals surface area contributed by atoms with Crippen LogP contribution in [0.25, 0.3) is 0 Å². The number of ether oxygens (including phenoxy) is 3. The van der Waals surface area contributed by atoms with E-state index in [2.05, 4.69) is 0 Å². The summed E-state index contributed by atoms with van der Waals surface area (Å²) in [5.41, 5.74) is -6.35. The number of aliphatic hydroxyl groups is 1. The Morgan fingerprint density at radius 2 is 1.90 bits per heavy atom. The lowest BCUT2D eigenvalue weighted by Crippen LogP contribution is -2.71. The Kier molecular flexibility index (Phi) is 8.10. The van der Waals surface area contributed by atoms with E-state index >= 15 is 8.78 Å². The van der Waals surface area contributed by atoms with Crippen molar-refractivity contribution in [2.75, 3.05) is 41.0 Å². The van der Waals surface area contributed by atoms with Gasteiger partial charge in [0.05, 0.1) is 18.8 Å². The fraction of sp³-hybridized carbons (Fsp3) is 0.774. The van der Waals surface area contributed by atoms with Gasteiger partial charge in [-0.05, 0) is 70.3 Å². The maximum absolute atomic E-state index is 17.5. The van der Waals surface area contributed by atoms with E-state index < -0.39 is 70.2 Å². The van der Waals surface area contributed by atoms with Gasteiger partial charge in [-0.2, -0.15) is 0 Å². The first-order chi connectivity index (χ1) is 19.7. The molecule has 42 heavy (non-hydrogen) atoms. The standard InChI is InChI=1S/C31H44F2N2O7/c1-7-8-27-41-25-13-19-20-12-22(32)21-11-18(36)9-10-28(21,2)30(20,33)23(37)14-29(19,3)31(25,42-27)24(38)16-40-17-35(6)26(39)15-34(4)5/h9-11,19-20,22-23,25,27,37H,7-8,12-17H2,1-6H3/t19-,20-,22-,23-,25+,27?,28-,29-,30-,31+/m0/s1. The number of alkyl halides is 2. The molecule has 4 fully saturated rings. The number of carbonyl (C=O) groups is 3. The first-order valence-electron chi connectivity index (χ1n) is 14.9. The van der Waals surface area contributed by atoms with E-state index in [0.29, 0.717) is 6.42 Å². The topological polar surface area (TPSA) is 106 Å². The average molecular weight is 595 g/mol. The van der Waals surface area contributed by atoms with Crippen molar-refractivity contribution in [3.05, 3.63) is 23.8 Å². The van der Waals surface area contributed by atoms with E-state index in [1.165, 1.54) is 17.1 Å². The summed E-state index contributed by atoms with van der Waals surface area (Å²) in [6, 6.07) is 0. The second-order valence-corrected chi connectivity index (χ2v) is 13.5. The number of rotatable bonds is 9. The molecule has 0 radical (unpaired) electrons. The van der Waals surface area contributed by atoms with Gasteiger partial charge in [0.1, 0.15) is 19.5 Å². The number of allylic oxidation sites excluding steroid dienone is 4. The highest BCUT2D eigenvalue weighted by Crippen LogP contribution is 2.72. The zero-order valence-electron chi connectivity index (χ0n) is 25.4. The molecule has 4 aliphatic carbocycles. The minimum absolute atomic E-state index is 0.0530. The van der Waals surface area contributed by atoms with Crippen LogP contribution in [0.15, 0.2) is 23.8 Å². The number of aliphatic hydroxyl groups excluding tert-OH is 1. The van der Waals surface area contributed by atoms with Gasteiger partial charge < -0.3 is 29.1 Å². The van der Waals surface area contributed by atoms with Crippen LogP contribution in [0.3, 0.4) is 0 Å². The summed E-state index contributed by atoms with van der Waals surface area (Å²) in [4.78, 5) is 41.7. The molecule has 5 aliphatic rings. The van der Waals surface area contributed by atoms with Crippen molar-refractivity contribution < 1.29 is 42.5 Å². The molecule has 5 rings (SSSR count). The number of hydrogen-bond donors (Lipinski definition) is 1. The predicted octanol–water partition coefficient (Wildman–Crippen LogP) is 2.76. The highest BCUT2D eigenvalue weighted by Gasteiger charge is 2.80. The molecule has 1 saturated heterocycles. The first kappa shape index (κ1) is 31.4. The maximum atomic E-state index is 17.5. The highest BCUT2D eigenvalue weighted by molar-refractivity contribution is 6.01. The minimum atomic E-state index is -2.26. The summed E-state index contributed by atoms with van der Waals surface area (Å²) in [5, 5.41) is 11.7. The van der Waals surface area contributed by atoms with Crippen LogP contribution in [0.4, 0.5) is 8.78 Å². The summed E-state index contributed by atoms with van der Waals surface area (Å²) in [6.45, 7) is 5.05. The monoisotopic (exact) mass is 594 g/mol. The van der Waals surface area contributed by atoms with Gasteiger partial charge in [0.2, 0.25) is 5.91 Å². The van der Waals surface area contributed by atoms with Crippen LogP contribution in [-0.4, -0.2) is 109 Å². The van der Waals surface area contributed by atoms with Gasteiger partial charge in [-0.25, -0.2) is 8.78 Å². The van der Waals surface area contributed by atoms with Crippen LogP contribution in [0.1, 0.15) is 52.9 Å². The second kappa shape index (κ2) is 10.8. The van der Waals surface area contributed by atoms with Gasteiger partial charge >= 0.3 is 0 Å². The fourth-order valence-electron chi connectivity index (χ4n) is 8.73. The first-order valence-corrected chi connectivity index (χ1v) is 14.9. The minimum Gasteiger partial charge on any atom is -0.390 e. The molecular formula is C31H44F2N2O7. The molecule has 9 nitrogen and oxygen atoms in total. The van der Waals surface area contributed by atoms with Crippen molar-refractivity contribution >= 4 is 17.5 Å². The van der Waals surface area contributed by atoms with Crippen LogP contribution in [0.5, 0.6) is 0 Å². The average Bonchev–Trinajstić information content (AvgIpc) is 3.39. The maximum Gasteiger partial charge on any atom is 0.238 e. The molecule has 1 aliphatic heterocycles. The third-order valence-electron chi connectivity index (χ3n) is 10.8. The van der Waals surface area contributed by atoms with Gasteiger partial charge in [0.15, 0.2) is 29.1 Å². The third-order valence-corrected chi connectivity index (χ3v) is 10.8. The quantitative estimate of drug-likeness (QED) is 0.407. The van der Waals surface area contributed by atoms with Crippen LogP contribution >= 0.6 is 0 Å². The van der Waals surface area contributed by atoms with Crippen LogP contribution in [0.2, 0.25) is 0 Å². The van der Waals surface area contributed by atoms with Gasteiger partial charge in [-0.1, -0.05) is 26.3 Å². The molecule has 10 atom stereocenters. The van der Waals surface area contributed by atoms with E-state index in [0.717, 1.165) is 12.5 Å². The smallest absolute Gasteiger partial charge is 0.238 e. The van der Waals surface area contributed by atoms with Crippen LogP contribution in [-0.2, 0) is 28.6 Å². The number of ketones is 2. The Morgan fingerprint density at radius 1 is 1.19 bits per heavy atom. The zero-order valence-corrected chi connectivity index (χ0v) is 25.4. The van der Waals surface area contributed by atoms with Crippen molar-refractivity contribution in [2.45, 2.75) is 88.8 Å². The van der Waals surface area contributed by atoms with E-state index in [9.17, 15) is 19.5 Å². The normalized spacial score (nSPS) is 43.9. The van der Waals surface area contributed by atoms with E-state index in [1.54, 1.807) is 33.0 Å². The number of halogens is 2. The van der Waals surface area contributed by atoms with Gasteiger partial charge in [-0.3, -0.25) is 14.4 Å². The molecule has 3 saturated carbocycles. The predicted molar refractivity (Wildman–Crippen MR) is 149 cm³/mol. The Balaban J connectivity index is 1.46. The summed E-state index contributed by atoms with van der Waals surface area (Å²) in [5.74, 6) is -2.47. The third kappa shape index (κ3) is 4.37. The lowest BCUT2D eigenvalue weighted by atomic mass is 9.44. The molecule has 0 bridgehead atoms. The molecule has 1 heterocycles. The summed E-state index contributed by atoms with van der Waals surface area (Å²) in [7, 11) is 5.14. The van der Waals surface area contributed by atoms with Crippen molar-refractivity contribution in [2.24, 2.45) is 22.7 Å². The highest BCUT2D eigenvalue weighted by atomic mass is 19.1. The number of likely N-dealkylation sites (N-methyl/N-ethyl adjacent to an activating group) is 2. The molecule has 0 aromatic heterocycles.